The maximum absolute atomic E-state index is 8.44. The Labute approximate surface area is 79.9 Å². The molecule has 2 nitrogen and oxygen atoms in total. The highest BCUT2D eigenvalue weighted by atomic mass is 79.9. The molecule has 0 aromatic heterocycles. The predicted molar refractivity (Wildman–Crippen MR) is 50.0 cm³/mol. The predicted octanol–water partition coefficient (Wildman–Crippen LogP) is 2.52. The highest BCUT2D eigenvalue weighted by Gasteiger charge is 1.99. The summed E-state index contributed by atoms with van der Waals surface area (Å²) < 4.78 is 5.94. The van der Waals surface area contributed by atoms with Gasteiger partial charge in [0.25, 0.3) is 0 Å². The highest BCUT2D eigenvalue weighted by Crippen LogP contribution is 2.25. The summed E-state index contributed by atoms with van der Waals surface area (Å²) in [7, 11) is 1.62. The SMILES string of the molecule is COc1ccc(CC#N)cc1Br. The van der Waals surface area contributed by atoms with Crippen molar-refractivity contribution in [3.8, 4) is 11.8 Å². The average Bonchev–Trinajstić information content (AvgIpc) is 2.05. The number of halogens is 1. The van der Waals surface area contributed by atoms with Crippen molar-refractivity contribution in [2.45, 2.75) is 6.42 Å². The third-order valence-corrected chi connectivity index (χ3v) is 2.12. The average molecular weight is 226 g/mol. The third kappa shape index (κ3) is 1.99. The van der Waals surface area contributed by atoms with Crippen LogP contribution in [0, 0.1) is 11.3 Å². The van der Waals surface area contributed by atoms with Crippen LogP contribution in [0.1, 0.15) is 5.56 Å². The first-order valence-electron chi connectivity index (χ1n) is 3.47. The fourth-order valence-electron chi connectivity index (χ4n) is 0.911. The molecule has 1 aromatic rings. The number of nitrogens with zero attached hydrogens (tertiary/aromatic N) is 1. The molecule has 12 heavy (non-hydrogen) atoms. The molecule has 62 valence electrons. The summed E-state index contributed by atoms with van der Waals surface area (Å²) in [6.45, 7) is 0. The molecule has 0 saturated carbocycles. The van der Waals surface area contributed by atoms with Crippen molar-refractivity contribution in [3.05, 3.63) is 28.2 Å². The van der Waals surface area contributed by atoms with Crippen LogP contribution in [0.4, 0.5) is 0 Å². The van der Waals surface area contributed by atoms with Crippen molar-refractivity contribution in [1.82, 2.24) is 0 Å². The molecule has 3 heteroatoms. The molecule has 0 spiro atoms. The van der Waals surface area contributed by atoms with E-state index in [-0.39, 0.29) is 0 Å². The van der Waals surface area contributed by atoms with E-state index in [0.29, 0.717) is 6.42 Å². The zero-order valence-corrected chi connectivity index (χ0v) is 8.26. The molecule has 1 aromatic carbocycles. The zero-order valence-electron chi connectivity index (χ0n) is 6.67. The van der Waals surface area contributed by atoms with E-state index < -0.39 is 0 Å². The molecule has 0 amide bonds. The number of ether oxygens (including phenoxy) is 1. The van der Waals surface area contributed by atoms with Gasteiger partial charge in [-0.05, 0) is 33.6 Å². The zero-order chi connectivity index (χ0) is 8.97. The Kier molecular flexibility index (Phi) is 3.12. The maximum atomic E-state index is 8.44. The fraction of sp³-hybridized carbons (Fsp3) is 0.222. The van der Waals surface area contributed by atoms with Gasteiger partial charge < -0.3 is 4.74 Å². The second-order valence-electron chi connectivity index (χ2n) is 2.30. The number of hydrogen-bond donors (Lipinski definition) is 0. The van der Waals surface area contributed by atoms with Crippen LogP contribution >= 0.6 is 15.9 Å². The minimum absolute atomic E-state index is 0.433. The molecule has 0 aliphatic heterocycles. The van der Waals surface area contributed by atoms with E-state index in [1.165, 1.54) is 0 Å². The molecular weight excluding hydrogens is 218 g/mol. The third-order valence-electron chi connectivity index (χ3n) is 1.50. The lowest BCUT2D eigenvalue weighted by molar-refractivity contribution is 0.412. The monoisotopic (exact) mass is 225 g/mol. The number of methoxy groups -OCH3 is 1. The van der Waals surface area contributed by atoms with Crippen LogP contribution in [0.25, 0.3) is 0 Å². The van der Waals surface area contributed by atoms with Crippen molar-refractivity contribution >= 4 is 15.9 Å². The minimum atomic E-state index is 0.433. The van der Waals surface area contributed by atoms with Gasteiger partial charge in [0, 0.05) is 0 Å². The molecule has 0 aliphatic rings. The summed E-state index contributed by atoms with van der Waals surface area (Å²) in [5.41, 5.74) is 0.991. The van der Waals surface area contributed by atoms with Crippen LogP contribution in [-0.4, -0.2) is 7.11 Å². The number of rotatable bonds is 2. The van der Waals surface area contributed by atoms with Gasteiger partial charge in [-0.3, -0.25) is 0 Å². The van der Waals surface area contributed by atoms with E-state index in [9.17, 15) is 0 Å². The second kappa shape index (κ2) is 4.13. The lowest BCUT2D eigenvalue weighted by Gasteiger charge is -2.03. The topological polar surface area (TPSA) is 33.0 Å². The van der Waals surface area contributed by atoms with Gasteiger partial charge >= 0.3 is 0 Å². The van der Waals surface area contributed by atoms with Gasteiger partial charge in [0.15, 0.2) is 0 Å². The Morgan fingerprint density at radius 3 is 2.83 bits per heavy atom. The van der Waals surface area contributed by atoms with Crippen molar-refractivity contribution in [2.75, 3.05) is 7.11 Å². The van der Waals surface area contributed by atoms with E-state index in [4.69, 9.17) is 10.00 Å². The largest absolute Gasteiger partial charge is 0.496 e. The van der Waals surface area contributed by atoms with Gasteiger partial charge in [-0.15, -0.1) is 0 Å². The van der Waals surface area contributed by atoms with Gasteiger partial charge in [-0.1, -0.05) is 6.07 Å². The van der Waals surface area contributed by atoms with Gasteiger partial charge in [0.1, 0.15) is 5.75 Å². The van der Waals surface area contributed by atoms with Crippen LogP contribution < -0.4 is 4.74 Å². The van der Waals surface area contributed by atoms with Gasteiger partial charge in [0.05, 0.1) is 24.1 Å². The Hall–Kier alpha value is -1.01. The number of hydrogen-bond acceptors (Lipinski definition) is 2. The Morgan fingerprint density at radius 1 is 1.58 bits per heavy atom. The Morgan fingerprint density at radius 2 is 2.33 bits per heavy atom. The molecule has 0 N–H and O–H groups in total. The van der Waals surface area contributed by atoms with Crippen molar-refractivity contribution < 1.29 is 4.74 Å². The van der Waals surface area contributed by atoms with E-state index in [1.807, 2.05) is 18.2 Å². The summed E-state index contributed by atoms with van der Waals surface area (Å²) >= 11 is 3.34. The number of nitriles is 1. The van der Waals surface area contributed by atoms with E-state index in [1.54, 1.807) is 7.11 Å². The van der Waals surface area contributed by atoms with E-state index >= 15 is 0 Å². The summed E-state index contributed by atoms with van der Waals surface area (Å²) in [6.07, 6.45) is 0.433. The summed E-state index contributed by atoms with van der Waals surface area (Å²) in [4.78, 5) is 0. The molecule has 0 fully saturated rings. The fourth-order valence-corrected chi connectivity index (χ4v) is 1.50. The smallest absolute Gasteiger partial charge is 0.133 e. The molecule has 0 aliphatic carbocycles. The van der Waals surface area contributed by atoms with Crippen molar-refractivity contribution in [1.29, 1.82) is 5.26 Å². The number of benzene rings is 1. The van der Waals surface area contributed by atoms with E-state index in [0.717, 1.165) is 15.8 Å². The Balaban J connectivity index is 2.95. The molecule has 0 heterocycles. The Bertz CT molecular complexity index is 317. The van der Waals surface area contributed by atoms with Gasteiger partial charge in [0.2, 0.25) is 0 Å². The summed E-state index contributed by atoms with van der Waals surface area (Å²) in [6, 6.07) is 7.70. The van der Waals surface area contributed by atoms with Crippen LogP contribution in [0.15, 0.2) is 22.7 Å². The lowest BCUT2D eigenvalue weighted by atomic mass is 10.2. The molecule has 0 bridgehead atoms. The van der Waals surface area contributed by atoms with Gasteiger partial charge in [-0.25, -0.2) is 0 Å². The quantitative estimate of drug-likeness (QED) is 0.776. The van der Waals surface area contributed by atoms with Crippen LogP contribution in [0.5, 0.6) is 5.75 Å². The van der Waals surface area contributed by atoms with Crippen molar-refractivity contribution in [3.63, 3.8) is 0 Å². The first kappa shape index (κ1) is 9.08. The van der Waals surface area contributed by atoms with E-state index in [2.05, 4.69) is 22.0 Å². The highest BCUT2D eigenvalue weighted by molar-refractivity contribution is 9.10. The summed E-state index contributed by atoms with van der Waals surface area (Å²) in [5.74, 6) is 0.789. The normalized spacial score (nSPS) is 9.08. The molecule has 0 atom stereocenters. The van der Waals surface area contributed by atoms with Crippen LogP contribution in [0.3, 0.4) is 0 Å². The first-order chi connectivity index (χ1) is 5.77. The molecular formula is C9H8BrNO. The molecule has 0 radical (unpaired) electrons. The minimum Gasteiger partial charge on any atom is -0.496 e. The second-order valence-corrected chi connectivity index (χ2v) is 3.16. The molecule has 1 rings (SSSR count). The van der Waals surface area contributed by atoms with Gasteiger partial charge in [-0.2, -0.15) is 5.26 Å². The van der Waals surface area contributed by atoms with Crippen LogP contribution in [0.2, 0.25) is 0 Å². The first-order valence-corrected chi connectivity index (χ1v) is 4.26. The van der Waals surface area contributed by atoms with Crippen LogP contribution in [-0.2, 0) is 6.42 Å². The maximum Gasteiger partial charge on any atom is 0.133 e. The van der Waals surface area contributed by atoms with Crippen molar-refractivity contribution in [2.24, 2.45) is 0 Å². The summed E-state index contributed by atoms with van der Waals surface area (Å²) in [5, 5.41) is 8.44. The molecule has 0 unspecified atom stereocenters. The standard InChI is InChI=1S/C9H8BrNO/c1-12-9-3-2-7(4-5-11)6-8(9)10/h2-3,6H,4H2,1H3. The molecule has 0 saturated heterocycles. The lowest BCUT2D eigenvalue weighted by Crippen LogP contribution is -1.86.